The first-order valence-electron chi connectivity index (χ1n) is 22.1. The van der Waals surface area contributed by atoms with Gasteiger partial charge in [-0.1, -0.05) is 155 Å². The lowest BCUT2D eigenvalue weighted by Crippen LogP contribution is -2.17. The van der Waals surface area contributed by atoms with Crippen molar-refractivity contribution in [1.29, 1.82) is 0 Å². The van der Waals surface area contributed by atoms with Crippen molar-refractivity contribution >= 4 is 60.8 Å². The van der Waals surface area contributed by atoms with E-state index in [0.717, 1.165) is 55.8 Å². The standard InChI is InChI=1S/C60H44N2O/c1-59(2)48-22-12-9-20-45(48)57-49(59)23-14-25-52(57)62(40-30-32-42-41-18-8-11-21-47(41)60(3,4)50(42)36-40)53-26-15-27-56-58(53)46-34-37(29-33-55(46)63-56)38-28-31-44-43-19-10-13-24-51(43)61(54(44)35-38)39-16-6-5-7-17-39/h5-36H,1-4H3. The Hall–Kier alpha value is -7.62. The third-order valence-corrected chi connectivity index (χ3v) is 14.4. The van der Waals surface area contributed by atoms with Crippen LogP contribution in [0.1, 0.15) is 49.9 Å². The molecule has 0 radical (unpaired) electrons. The molecular formula is C60H44N2O. The number of rotatable bonds is 5. The normalized spacial score (nSPS) is 14.3. The van der Waals surface area contributed by atoms with Crippen LogP contribution in [0.5, 0.6) is 0 Å². The average molecular weight is 809 g/mol. The number of fused-ring (bicyclic) bond motifs is 12. The van der Waals surface area contributed by atoms with Gasteiger partial charge in [0.2, 0.25) is 0 Å². The molecule has 0 amide bonds. The van der Waals surface area contributed by atoms with Gasteiger partial charge >= 0.3 is 0 Å². The van der Waals surface area contributed by atoms with E-state index < -0.39 is 0 Å². The zero-order valence-electron chi connectivity index (χ0n) is 35.8. The van der Waals surface area contributed by atoms with Crippen LogP contribution < -0.4 is 4.90 Å². The smallest absolute Gasteiger partial charge is 0.137 e. The third-order valence-electron chi connectivity index (χ3n) is 14.4. The van der Waals surface area contributed by atoms with Gasteiger partial charge in [0.05, 0.1) is 27.8 Å². The second-order valence-corrected chi connectivity index (χ2v) is 18.5. The van der Waals surface area contributed by atoms with Crippen LogP contribution in [-0.4, -0.2) is 4.57 Å². The number of hydrogen-bond acceptors (Lipinski definition) is 2. The summed E-state index contributed by atoms with van der Waals surface area (Å²) in [6.07, 6.45) is 0. The Morgan fingerprint density at radius 2 is 1.05 bits per heavy atom. The second kappa shape index (κ2) is 13.0. The van der Waals surface area contributed by atoms with Gasteiger partial charge < -0.3 is 13.9 Å². The zero-order chi connectivity index (χ0) is 42.2. The van der Waals surface area contributed by atoms with Crippen molar-refractivity contribution in [2.75, 3.05) is 4.90 Å². The van der Waals surface area contributed by atoms with Crippen LogP contribution in [0, 0.1) is 0 Å². The van der Waals surface area contributed by atoms with E-state index in [1.165, 1.54) is 66.3 Å². The summed E-state index contributed by atoms with van der Waals surface area (Å²) in [5.74, 6) is 0. The molecule has 0 fully saturated rings. The molecule has 0 atom stereocenters. The first kappa shape index (κ1) is 36.1. The first-order chi connectivity index (χ1) is 30.8. The lowest BCUT2D eigenvalue weighted by Gasteiger charge is -2.31. The summed E-state index contributed by atoms with van der Waals surface area (Å²) in [7, 11) is 0. The molecule has 300 valence electrons. The van der Waals surface area contributed by atoms with E-state index >= 15 is 0 Å². The van der Waals surface area contributed by atoms with E-state index in [-0.39, 0.29) is 10.8 Å². The highest BCUT2D eigenvalue weighted by molar-refractivity contribution is 6.16. The van der Waals surface area contributed by atoms with E-state index in [1.807, 2.05) is 0 Å². The van der Waals surface area contributed by atoms with E-state index in [4.69, 9.17) is 4.42 Å². The maximum Gasteiger partial charge on any atom is 0.137 e. The van der Waals surface area contributed by atoms with Gasteiger partial charge in [-0.25, -0.2) is 0 Å². The molecule has 0 unspecified atom stereocenters. The minimum absolute atomic E-state index is 0.147. The molecule has 2 aliphatic rings. The molecule has 0 bridgehead atoms. The predicted molar refractivity (Wildman–Crippen MR) is 263 cm³/mol. The molecule has 2 aromatic heterocycles. The molecule has 2 heterocycles. The number of hydrogen-bond donors (Lipinski definition) is 0. The fourth-order valence-corrected chi connectivity index (χ4v) is 11.3. The summed E-state index contributed by atoms with van der Waals surface area (Å²) in [5, 5.41) is 4.68. The molecule has 0 aliphatic heterocycles. The van der Waals surface area contributed by atoms with Crippen LogP contribution in [0.2, 0.25) is 0 Å². The first-order valence-corrected chi connectivity index (χ1v) is 22.1. The van der Waals surface area contributed by atoms with Crippen LogP contribution in [0.4, 0.5) is 17.1 Å². The molecule has 3 nitrogen and oxygen atoms in total. The largest absolute Gasteiger partial charge is 0.456 e. The third kappa shape index (κ3) is 5.02. The topological polar surface area (TPSA) is 21.3 Å². The fourth-order valence-electron chi connectivity index (χ4n) is 11.3. The van der Waals surface area contributed by atoms with Crippen LogP contribution in [0.25, 0.3) is 82.8 Å². The van der Waals surface area contributed by atoms with Gasteiger partial charge in [-0.3, -0.25) is 0 Å². The highest BCUT2D eigenvalue weighted by Crippen LogP contribution is 2.57. The van der Waals surface area contributed by atoms with Crippen molar-refractivity contribution in [3.8, 4) is 39.1 Å². The van der Waals surface area contributed by atoms with Crippen molar-refractivity contribution in [1.82, 2.24) is 4.57 Å². The van der Waals surface area contributed by atoms with Gasteiger partial charge in [-0.15, -0.1) is 0 Å². The van der Waals surface area contributed by atoms with Crippen LogP contribution in [0.3, 0.4) is 0 Å². The number of furan rings is 1. The number of benzene rings is 9. The monoisotopic (exact) mass is 808 g/mol. The van der Waals surface area contributed by atoms with E-state index in [9.17, 15) is 0 Å². The highest BCUT2D eigenvalue weighted by Gasteiger charge is 2.39. The van der Waals surface area contributed by atoms with Gasteiger partial charge in [0.15, 0.2) is 0 Å². The quantitative estimate of drug-likeness (QED) is 0.173. The van der Waals surface area contributed by atoms with Crippen molar-refractivity contribution < 1.29 is 4.42 Å². The Bertz CT molecular complexity index is 3690. The molecule has 0 saturated heterocycles. The van der Waals surface area contributed by atoms with Gasteiger partial charge in [0.1, 0.15) is 11.2 Å². The minimum atomic E-state index is -0.155. The Labute approximate surface area is 367 Å². The molecule has 13 rings (SSSR count). The van der Waals surface area contributed by atoms with Crippen LogP contribution in [0.15, 0.2) is 199 Å². The van der Waals surface area contributed by atoms with E-state index in [1.54, 1.807) is 0 Å². The van der Waals surface area contributed by atoms with Crippen molar-refractivity contribution in [2.45, 2.75) is 38.5 Å². The molecule has 63 heavy (non-hydrogen) atoms. The molecule has 11 aromatic rings. The molecule has 0 saturated carbocycles. The summed E-state index contributed by atoms with van der Waals surface area (Å²) < 4.78 is 9.19. The van der Waals surface area contributed by atoms with Gasteiger partial charge in [0, 0.05) is 43.9 Å². The Morgan fingerprint density at radius 3 is 1.90 bits per heavy atom. The molecule has 3 heteroatoms. The molecular weight excluding hydrogens is 765 g/mol. The summed E-state index contributed by atoms with van der Waals surface area (Å²) in [4.78, 5) is 2.52. The van der Waals surface area contributed by atoms with Crippen molar-refractivity contribution in [3.63, 3.8) is 0 Å². The van der Waals surface area contributed by atoms with Crippen LogP contribution >= 0.6 is 0 Å². The average Bonchev–Trinajstić information content (AvgIpc) is 4.00. The maximum absolute atomic E-state index is 6.79. The summed E-state index contributed by atoms with van der Waals surface area (Å²) in [6, 6.07) is 71.5. The summed E-state index contributed by atoms with van der Waals surface area (Å²) in [5.41, 5.74) is 21.3. The zero-order valence-corrected chi connectivity index (χ0v) is 35.8. The van der Waals surface area contributed by atoms with Crippen molar-refractivity contribution in [3.05, 3.63) is 216 Å². The lowest BCUT2D eigenvalue weighted by molar-refractivity contribution is 0.660. The second-order valence-electron chi connectivity index (χ2n) is 18.5. The Morgan fingerprint density at radius 1 is 0.413 bits per heavy atom. The minimum Gasteiger partial charge on any atom is -0.456 e. The number of aromatic nitrogens is 1. The highest BCUT2D eigenvalue weighted by atomic mass is 16.3. The number of nitrogens with zero attached hydrogens (tertiary/aromatic N) is 2. The maximum atomic E-state index is 6.79. The van der Waals surface area contributed by atoms with Gasteiger partial charge in [-0.2, -0.15) is 0 Å². The predicted octanol–water partition coefficient (Wildman–Crippen LogP) is 16.4. The van der Waals surface area contributed by atoms with E-state index in [0.29, 0.717) is 0 Å². The Balaban J connectivity index is 1.05. The molecule has 0 spiro atoms. The van der Waals surface area contributed by atoms with Gasteiger partial charge in [-0.05, 0) is 117 Å². The number of para-hydroxylation sites is 2. The lowest BCUT2D eigenvalue weighted by atomic mass is 9.82. The SMILES string of the molecule is CC1(C)c2ccccc2-c2ccc(N(c3cccc4c3-c3ccccc3C4(C)C)c3cccc4oc5ccc(-c6ccc7c8ccccc8n(-c8ccccc8)c7c6)cc5c34)cc21. The van der Waals surface area contributed by atoms with Crippen LogP contribution in [-0.2, 0) is 10.8 Å². The molecule has 2 aliphatic carbocycles. The fraction of sp³-hybridized carbons (Fsp3) is 0.100. The number of anilines is 3. The van der Waals surface area contributed by atoms with E-state index in [2.05, 4.69) is 231 Å². The summed E-state index contributed by atoms with van der Waals surface area (Å²) >= 11 is 0. The Kier molecular flexibility index (Phi) is 7.42. The summed E-state index contributed by atoms with van der Waals surface area (Å²) in [6.45, 7) is 9.47. The molecule has 0 N–H and O–H groups in total. The van der Waals surface area contributed by atoms with Gasteiger partial charge in [0.25, 0.3) is 0 Å². The van der Waals surface area contributed by atoms with Crippen molar-refractivity contribution in [2.24, 2.45) is 0 Å². The molecule has 9 aromatic carbocycles.